The normalized spacial score (nSPS) is 10.8. The van der Waals surface area contributed by atoms with E-state index >= 15 is 0 Å². The third kappa shape index (κ3) is 4.31. The summed E-state index contributed by atoms with van der Waals surface area (Å²) in [4.78, 5) is 16.5. The van der Waals surface area contributed by atoms with E-state index in [1.165, 1.54) is 23.1 Å². The lowest BCUT2D eigenvalue weighted by molar-refractivity contribution is 0.102. The fourth-order valence-corrected chi connectivity index (χ4v) is 3.00. The first-order chi connectivity index (χ1) is 14.5. The van der Waals surface area contributed by atoms with Gasteiger partial charge in [0.25, 0.3) is 5.91 Å². The summed E-state index contributed by atoms with van der Waals surface area (Å²) in [6.07, 6.45) is 1.45. The van der Waals surface area contributed by atoms with Gasteiger partial charge in [-0.3, -0.25) is 15.2 Å². The molecule has 4 rings (SSSR count). The SMILES string of the molecule is COc1ccc(-c2cc(C(=O)Nc3ncn(Cc4ccc(F)cc4Cl)n3)[nH]n2)cc1. The highest BCUT2D eigenvalue weighted by Crippen LogP contribution is 2.21. The summed E-state index contributed by atoms with van der Waals surface area (Å²) >= 11 is 6.03. The number of methoxy groups -OCH3 is 1. The molecule has 0 spiro atoms. The van der Waals surface area contributed by atoms with E-state index in [9.17, 15) is 9.18 Å². The van der Waals surface area contributed by atoms with Crippen LogP contribution in [-0.2, 0) is 6.54 Å². The number of hydrogen-bond donors (Lipinski definition) is 2. The lowest BCUT2D eigenvalue weighted by Crippen LogP contribution is -2.14. The minimum Gasteiger partial charge on any atom is -0.497 e. The van der Waals surface area contributed by atoms with Crippen molar-refractivity contribution in [3.8, 4) is 17.0 Å². The quantitative estimate of drug-likeness (QED) is 0.489. The number of aromatic amines is 1. The number of rotatable bonds is 6. The van der Waals surface area contributed by atoms with Gasteiger partial charge in [-0.05, 0) is 48.0 Å². The molecule has 4 aromatic rings. The number of ether oxygens (including phenoxy) is 1. The molecular weight excluding hydrogens is 411 g/mol. The second-order valence-electron chi connectivity index (χ2n) is 6.35. The number of halogens is 2. The van der Waals surface area contributed by atoms with Gasteiger partial charge >= 0.3 is 0 Å². The lowest BCUT2D eigenvalue weighted by atomic mass is 10.1. The van der Waals surface area contributed by atoms with Crippen molar-refractivity contribution in [2.24, 2.45) is 0 Å². The van der Waals surface area contributed by atoms with Crippen molar-refractivity contribution < 1.29 is 13.9 Å². The first-order valence-electron chi connectivity index (χ1n) is 8.86. The topological polar surface area (TPSA) is 97.7 Å². The molecule has 0 radical (unpaired) electrons. The third-order valence-electron chi connectivity index (χ3n) is 4.32. The van der Waals surface area contributed by atoms with Crippen LogP contribution in [0.3, 0.4) is 0 Å². The predicted octanol–water partition coefficient (Wildman–Crippen LogP) is 3.77. The number of amides is 1. The Balaban J connectivity index is 1.42. The molecule has 0 bridgehead atoms. The molecule has 0 fully saturated rings. The van der Waals surface area contributed by atoms with Gasteiger partial charge in [0.15, 0.2) is 0 Å². The number of carbonyl (C=O) groups excluding carboxylic acids is 1. The summed E-state index contributed by atoms with van der Waals surface area (Å²) in [5, 5.41) is 14.0. The summed E-state index contributed by atoms with van der Waals surface area (Å²) in [6.45, 7) is 0.285. The number of hydrogen-bond acceptors (Lipinski definition) is 5. The molecule has 0 atom stereocenters. The number of nitrogens with zero attached hydrogens (tertiary/aromatic N) is 4. The fraction of sp³-hybridized carbons (Fsp3) is 0.100. The van der Waals surface area contributed by atoms with Gasteiger partial charge in [-0.2, -0.15) is 5.10 Å². The first kappa shape index (κ1) is 19.6. The molecule has 152 valence electrons. The molecule has 0 aliphatic heterocycles. The Morgan fingerprint density at radius 2 is 2.03 bits per heavy atom. The minimum absolute atomic E-state index is 0.124. The van der Waals surface area contributed by atoms with Crippen LogP contribution in [0.1, 0.15) is 16.1 Å². The van der Waals surface area contributed by atoms with Crippen molar-refractivity contribution in [1.29, 1.82) is 0 Å². The van der Waals surface area contributed by atoms with Crippen LogP contribution in [0.5, 0.6) is 5.75 Å². The Morgan fingerprint density at radius 3 is 2.77 bits per heavy atom. The standard InChI is InChI=1S/C20H16ClFN6O2/c1-30-15-6-3-12(4-7-15)17-9-18(26-25-17)19(29)24-20-23-11-28(27-20)10-13-2-5-14(22)8-16(13)21/h2-9,11H,10H2,1H3,(H,25,26)(H,24,27,29). The molecule has 8 nitrogen and oxygen atoms in total. The monoisotopic (exact) mass is 426 g/mol. The van der Waals surface area contributed by atoms with Gasteiger partial charge < -0.3 is 4.74 Å². The van der Waals surface area contributed by atoms with Gasteiger partial charge in [-0.15, -0.1) is 5.10 Å². The highest BCUT2D eigenvalue weighted by atomic mass is 35.5. The van der Waals surface area contributed by atoms with Gasteiger partial charge in [-0.25, -0.2) is 14.1 Å². The van der Waals surface area contributed by atoms with Crippen molar-refractivity contribution >= 4 is 23.5 Å². The molecule has 2 heterocycles. The van der Waals surface area contributed by atoms with Crippen LogP contribution in [0.15, 0.2) is 54.9 Å². The summed E-state index contributed by atoms with van der Waals surface area (Å²) in [6, 6.07) is 13.1. The smallest absolute Gasteiger partial charge is 0.276 e. The van der Waals surface area contributed by atoms with Crippen molar-refractivity contribution in [2.45, 2.75) is 6.54 Å². The number of benzene rings is 2. The summed E-state index contributed by atoms with van der Waals surface area (Å²) in [7, 11) is 1.59. The highest BCUT2D eigenvalue weighted by Gasteiger charge is 2.14. The van der Waals surface area contributed by atoms with Gasteiger partial charge in [0.05, 0.1) is 19.3 Å². The van der Waals surface area contributed by atoms with Crippen molar-refractivity contribution in [1.82, 2.24) is 25.0 Å². The summed E-state index contributed by atoms with van der Waals surface area (Å²) in [5.74, 6) is 0.0124. The molecule has 1 amide bonds. The second kappa shape index (κ2) is 8.34. The van der Waals surface area contributed by atoms with Gasteiger partial charge in [0, 0.05) is 10.6 Å². The second-order valence-corrected chi connectivity index (χ2v) is 6.76. The first-order valence-corrected chi connectivity index (χ1v) is 9.24. The highest BCUT2D eigenvalue weighted by molar-refractivity contribution is 6.31. The number of H-pyrrole nitrogens is 1. The third-order valence-corrected chi connectivity index (χ3v) is 4.67. The van der Waals surface area contributed by atoms with Crippen LogP contribution in [0, 0.1) is 5.82 Å². The van der Waals surface area contributed by atoms with Crippen LogP contribution >= 0.6 is 11.6 Å². The van der Waals surface area contributed by atoms with Crippen LogP contribution in [0.2, 0.25) is 5.02 Å². The lowest BCUT2D eigenvalue weighted by Gasteiger charge is -2.04. The van der Waals surface area contributed by atoms with Gasteiger partial charge in [0.2, 0.25) is 5.95 Å². The van der Waals surface area contributed by atoms with E-state index in [4.69, 9.17) is 16.3 Å². The molecule has 10 heteroatoms. The fourth-order valence-electron chi connectivity index (χ4n) is 2.77. The molecule has 0 saturated heterocycles. The molecule has 0 aliphatic rings. The maximum Gasteiger partial charge on any atom is 0.276 e. The van der Waals surface area contributed by atoms with E-state index in [0.29, 0.717) is 16.3 Å². The largest absolute Gasteiger partial charge is 0.497 e. The maximum absolute atomic E-state index is 13.2. The van der Waals surface area contributed by atoms with E-state index < -0.39 is 11.7 Å². The van der Waals surface area contributed by atoms with Crippen molar-refractivity contribution in [3.05, 3.63) is 77.0 Å². The Labute approximate surface area is 175 Å². The zero-order valence-electron chi connectivity index (χ0n) is 15.8. The van der Waals surface area contributed by atoms with E-state index in [0.717, 1.165) is 11.3 Å². The Bertz CT molecular complexity index is 1190. The van der Waals surface area contributed by atoms with E-state index in [1.807, 2.05) is 24.3 Å². The van der Waals surface area contributed by atoms with Crippen LogP contribution in [0.4, 0.5) is 10.3 Å². The molecule has 0 saturated carbocycles. The van der Waals surface area contributed by atoms with Gasteiger partial charge in [0.1, 0.15) is 23.6 Å². The predicted molar refractivity (Wildman–Crippen MR) is 109 cm³/mol. The van der Waals surface area contributed by atoms with Crippen molar-refractivity contribution in [2.75, 3.05) is 12.4 Å². The molecular formula is C20H16ClFN6O2. The number of anilines is 1. The molecule has 0 unspecified atom stereocenters. The molecule has 30 heavy (non-hydrogen) atoms. The van der Waals surface area contributed by atoms with E-state index in [2.05, 4.69) is 25.6 Å². The molecule has 2 aromatic carbocycles. The maximum atomic E-state index is 13.2. The Hall–Kier alpha value is -3.72. The zero-order chi connectivity index (χ0) is 21.1. The summed E-state index contributed by atoms with van der Waals surface area (Å²) in [5.41, 5.74) is 2.40. The number of carbonyl (C=O) groups is 1. The molecule has 2 aromatic heterocycles. The summed E-state index contributed by atoms with van der Waals surface area (Å²) < 4.78 is 19.8. The molecule has 2 N–H and O–H groups in total. The van der Waals surface area contributed by atoms with Crippen LogP contribution < -0.4 is 10.1 Å². The minimum atomic E-state index is -0.431. The van der Waals surface area contributed by atoms with Crippen LogP contribution in [0.25, 0.3) is 11.3 Å². The number of nitrogens with one attached hydrogen (secondary N) is 2. The Kier molecular flexibility index (Phi) is 5.44. The van der Waals surface area contributed by atoms with Crippen molar-refractivity contribution in [3.63, 3.8) is 0 Å². The average Bonchev–Trinajstić information content (AvgIpc) is 3.40. The number of aromatic nitrogens is 5. The zero-order valence-corrected chi connectivity index (χ0v) is 16.5. The molecule has 0 aliphatic carbocycles. The average molecular weight is 427 g/mol. The van der Waals surface area contributed by atoms with E-state index in [1.54, 1.807) is 19.2 Å². The van der Waals surface area contributed by atoms with Crippen LogP contribution in [-0.4, -0.2) is 38.0 Å². The van der Waals surface area contributed by atoms with E-state index in [-0.39, 0.29) is 18.2 Å². The Morgan fingerprint density at radius 1 is 1.23 bits per heavy atom. The van der Waals surface area contributed by atoms with Gasteiger partial charge in [-0.1, -0.05) is 17.7 Å².